The third-order valence-electron chi connectivity index (χ3n) is 4.91. The van der Waals surface area contributed by atoms with E-state index >= 15 is 0 Å². The van der Waals surface area contributed by atoms with Crippen LogP contribution in [0.4, 0.5) is 0 Å². The zero-order chi connectivity index (χ0) is 20.7. The van der Waals surface area contributed by atoms with E-state index in [0.29, 0.717) is 23.6 Å². The van der Waals surface area contributed by atoms with Gasteiger partial charge in [0, 0.05) is 29.8 Å². The number of nitrogens with zero attached hydrogens (tertiary/aromatic N) is 5. The molecule has 0 atom stereocenters. The Morgan fingerprint density at radius 1 is 0.933 bits per heavy atom. The second kappa shape index (κ2) is 7.00. The zero-order valence-electron chi connectivity index (χ0n) is 16.1. The molecule has 0 radical (unpaired) electrons. The number of benzene rings is 2. The van der Waals surface area contributed by atoms with Crippen molar-refractivity contribution in [3.05, 3.63) is 84.3 Å². The van der Waals surface area contributed by atoms with Crippen molar-refractivity contribution >= 4 is 26.4 Å². The third kappa shape index (κ3) is 3.42. The minimum absolute atomic E-state index is 0.260. The lowest BCUT2D eigenvalue weighted by molar-refractivity contribution is 0.602. The molecule has 0 saturated carbocycles. The Morgan fingerprint density at radius 2 is 1.83 bits per heavy atom. The van der Waals surface area contributed by atoms with Gasteiger partial charge >= 0.3 is 0 Å². The highest BCUT2D eigenvalue weighted by Gasteiger charge is 2.12. The number of rotatable bonds is 4. The maximum Gasteiger partial charge on any atom is 0.177 e. The summed E-state index contributed by atoms with van der Waals surface area (Å²) < 4.78 is 25.5. The van der Waals surface area contributed by atoms with Gasteiger partial charge in [0.05, 0.1) is 16.1 Å². The lowest BCUT2D eigenvalue weighted by Gasteiger charge is -2.06. The fraction of sp³-hybridized carbons (Fsp3) is 0.0909. The van der Waals surface area contributed by atoms with Gasteiger partial charge < -0.3 is 0 Å². The zero-order valence-corrected chi connectivity index (χ0v) is 16.9. The molecule has 0 aliphatic carbocycles. The van der Waals surface area contributed by atoms with Crippen LogP contribution in [0.15, 0.2) is 77.8 Å². The fourth-order valence-corrected chi connectivity index (χ4v) is 4.07. The molecule has 3 aromatic heterocycles. The van der Waals surface area contributed by atoms with E-state index < -0.39 is 9.84 Å². The molecule has 3 heterocycles. The average Bonchev–Trinajstić information content (AvgIpc) is 3.15. The van der Waals surface area contributed by atoms with Crippen LogP contribution in [0.25, 0.3) is 27.8 Å². The van der Waals surface area contributed by atoms with Gasteiger partial charge in [-0.25, -0.2) is 8.42 Å². The Balaban J connectivity index is 1.54. The van der Waals surface area contributed by atoms with E-state index in [1.165, 1.54) is 6.26 Å². The maximum absolute atomic E-state index is 11.9. The summed E-state index contributed by atoms with van der Waals surface area (Å²) in [6.45, 7) is 0. The molecule has 5 aromatic rings. The van der Waals surface area contributed by atoms with E-state index in [2.05, 4.69) is 26.3 Å². The van der Waals surface area contributed by atoms with Gasteiger partial charge in [-0.2, -0.15) is 9.61 Å². The summed E-state index contributed by atoms with van der Waals surface area (Å²) in [6, 6.07) is 20.4. The highest BCUT2D eigenvalue weighted by atomic mass is 32.2. The van der Waals surface area contributed by atoms with Crippen LogP contribution >= 0.6 is 0 Å². The second-order valence-electron chi connectivity index (χ2n) is 7.11. The van der Waals surface area contributed by atoms with Crippen LogP contribution in [-0.2, 0) is 16.3 Å². The van der Waals surface area contributed by atoms with Crippen molar-refractivity contribution in [1.29, 1.82) is 0 Å². The van der Waals surface area contributed by atoms with Crippen molar-refractivity contribution in [3.63, 3.8) is 0 Å². The number of pyridine rings is 1. The van der Waals surface area contributed by atoms with E-state index in [1.807, 2.05) is 42.5 Å². The van der Waals surface area contributed by atoms with Gasteiger partial charge in [-0.15, -0.1) is 10.2 Å². The van der Waals surface area contributed by atoms with Crippen molar-refractivity contribution in [2.75, 3.05) is 6.26 Å². The number of hydrogen-bond donors (Lipinski definition) is 0. The number of hydrogen-bond acceptors (Lipinski definition) is 6. The van der Waals surface area contributed by atoms with Crippen LogP contribution in [0, 0.1) is 0 Å². The molecule has 5 rings (SSSR count). The second-order valence-corrected chi connectivity index (χ2v) is 9.13. The van der Waals surface area contributed by atoms with Crippen molar-refractivity contribution in [2.45, 2.75) is 11.3 Å². The molecule has 0 aliphatic heterocycles. The molecular weight excluding hydrogens is 398 g/mol. The molecule has 148 valence electrons. The molecule has 0 N–H and O–H groups in total. The highest BCUT2D eigenvalue weighted by Crippen LogP contribution is 2.22. The Morgan fingerprint density at radius 3 is 2.70 bits per heavy atom. The van der Waals surface area contributed by atoms with E-state index in [1.54, 1.807) is 28.9 Å². The molecule has 0 spiro atoms. The molecule has 7 nitrogen and oxygen atoms in total. The summed E-state index contributed by atoms with van der Waals surface area (Å²) in [4.78, 5) is 4.61. The van der Waals surface area contributed by atoms with E-state index in [0.717, 1.165) is 22.0 Å². The lowest BCUT2D eigenvalue weighted by Crippen LogP contribution is -2.02. The van der Waals surface area contributed by atoms with Gasteiger partial charge in [0.25, 0.3) is 0 Å². The van der Waals surface area contributed by atoms with E-state index in [4.69, 9.17) is 0 Å². The first-order valence-electron chi connectivity index (χ1n) is 9.33. The van der Waals surface area contributed by atoms with Crippen LogP contribution in [0.1, 0.15) is 11.4 Å². The van der Waals surface area contributed by atoms with Crippen LogP contribution in [0.5, 0.6) is 0 Å². The summed E-state index contributed by atoms with van der Waals surface area (Å²) in [5.74, 6) is 0.703. The van der Waals surface area contributed by atoms with Crippen LogP contribution in [0.3, 0.4) is 0 Å². The first-order valence-corrected chi connectivity index (χ1v) is 11.2. The quantitative estimate of drug-likeness (QED) is 0.447. The minimum atomic E-state index is -3.30. The third-order valence-corrected chi connectivity index (χ3v) is 6.03. The first-order chi connectivity index (χ1) is 14.5. The predicted octanol–water partition coefficient (Wildman–Crippen LogP) is 3.33. The van der Waals surface area contributed by atoms with Crippen LogP contribution in [-0.4, -0.2) is 39.5 Å². The average molecular weight is 415 g/mol. The molecule has 0 fully saturated rings. The van der Waals surface area contributed by atoms with Crippen molar-refractivity contribution in [3.8, 4) is 11.3 Å². The summed E-state index contributed by atoms with van der Waals surface area (Å²) >= 11 is 0. The van der Waals surface area contributed by atoms with Gasteiger partial charge in [0.15, 0.2) is 21.3 Å². The largest absolute Gasteiger partial charge is 0.256 e. The summed E-state index contributed by atoms with van der Waals surface area (Å²) in [7, 11) is -3.30. The number of fused-ring (bicyclic) bond motifs is 2. The van der Waals surface area contributed by atoms with Gasteiger partial charge in [-0.1, -0.05) is 24.3 Å². The summed E-state index contributed by atoms with van der Waals surface area (Å²) in [5, 5.41) is 14.2. The first kappa shape index (κ1) is 18.4. The maximum atomic E-state index is 11.9. The van der Waals surface area contributed by atoms with E-state index in [-0.39, 0.29) is 4.90 Å². The summed E-state index contributed by atoms with van der Waals surface area (Å²) in [5.41, 5.74) is 4.03. The smallest absolute Gasteiger partial charge is 0.177 e. The number of sulfone groups is 1. The Kier molecular flexibility index (Phi) is 4.29. The molecule has 0 amide bonds. The molecule has 0 saturated heterocycles. The van der Waals surface area contributed by atoms with Crippen molar-refractivity contribution in [2.24, 2.45) is 0 Å². The molecule has 2 aromatic carbocycles. The SMILES string of the molecule is CS(=O)(=O)c1cccc(-c2ccc3nnc(Cc4ccc5ncccc5c4)n3n2)c1. The molecule has 0 bridgehead atoms. The Hall–Kier alpha value is -3.65. The monoisotopic (exact) mass is 415 g/mol. The van der Waals surface area contributed by atoms with Gasteiger partial charge in [-0.05, 0) is 48.0 Å². The van der Waals surface area contributed by atoms with Gasteiger partial charge in [0.2, 0.25) is 0 Å². The standard InChI is InChI=1S/C22H17N5O2S/c1-30(28,29)18-6-2-4-17(14-18)20-9-10-21-24-25-22(27(21)26-20)13-15-7-8-19-16(12-15)5-3-11-23-19/h2-12,14H,13H2,1H3. The van der Waals surface area contributed by atoms with E-state index in [9.17, 15) is 8.42 Å². The van der Waals surface area contributed by atoms with Gasteiger partial charge in [0.1, 0.15) is 0 Å². The van der Waals surface area contributed by atoms with Crippen molar-refractivity contribution in [1.82, 2.24) is 24.8 Å². The fourth-order valence-electron chi connectivity index (χ4n) is 3.40. The normalized spacial score (nSPS) is 11.9. The van der Waals surface area contributed by atoms with Crippen molar-refractivity contribution < 1.29 is 8.42 Å². The minimum Gasteiger partial charge on any atom is -0.256 e. The molecule has 0 unspecified atom stereocenters. The summed E-state index contributed by atoms with van der Waals surface area (Å²) in [6.07, 6.45) is 3.53. The molecule has 0 aliphatic rings. The molecule has 8 heteroatoms. The molecule has 30 heavy (non-hydrogen) atoms. The highest BCUT2D eigenvalue weighted by molar-refractivity contribution is 7.90. The Bertz CT molecular complexity index is 1510. The Labute approximate surface area is 173 Å². The van der Waals surface area contributed by atoms with Gasteiger partial charge in [-0.3, -0.25) is 4.98 Å². The lowest BCUT2D eigenvalue weighted by atomic mass is 10.1. The predicted molar refractivity (Wildman–Crippen MR) is 114 cm³/mol. The van der Waals surface area contributed by atoms with Crippen LogP contribution < -0.4 is 0 Å². The molecular formula is C22H17N5O2S. The van der Waals surface area contributed by atoms with Crippen LogP contribution in [0.2, 0.25) is 0 Å². The topological polar surface area (TPSA) is 90.1 Å². The number of aromatic nitrogens is 5.